The van der Waals surface area contributed by atoms with Gasteiger partial charge in [0.1, 0.15) is 5.60 Å². The van der Waals surface area contributed by atoms with Gasteiger partial charge in [0.25, 0.3) is 0 Å². The highest BCUT2D eigenvalue weighted by Gasteiger charge is 2.19. The Labute approximate surface area is 86.4 Å². The van der Waals surface area contributed by atoms with Crippen molar-refractivity contribution in [2.75, 3.05) is 6.54 Å². The van der Waals surface area contributed by atoms with Gasteiger partial charge in [-0.2, -0.15) is 0 Å². The highest BCUT2D eigenvalue weighted by molar-refractivity contribution is 5.67. The maximum absolute atomic E-state index is 11.3. The molecule has 14 heavy (non-hydrogen) atoms. The van der Waals surface area contributed by atoms with Crippen LogP contribution < -0.4 is 5.84 Å². The molecule has 0 saturated heterocycles. The third-order valence-electron chi connectivity index (χ3n) is 1.58. The Morgan fingerprint density at radius 3 is 2.29 bits per heavy atom. The van der Waals surface area contributed by atoms with Crippen molar-refractivity contribution in [3.63, 3.8) is 0 Å². The van der Waals surface area contributed by atoms with Gasteiger partial charge in [0.15, 0.2) is 0 Å². The Morgan fingerprint density at radius 2 is 1.93 bits per heavy atom. The number of amides is 1. The van der Waals surface area contributed by atoms with Crippen LogP contribution in [0.4, 0.5) is 4.79 Å². The molecule has 0 aromatic rings. The molecule has 0 rings (SSSR count). The molecule has 0 aliphatic heterocycles. The van der Waals surface area contributed by atoms with Crippen molar-refractivity contribution in [3.8, 4) is 0 Å². The number of carbonyl (C=O) groups is 1. The zero-order chi connectivity index (χ0) is 11.4. The minimum Gasteiger partial charge on any atom is -0.443 e. The minimum absolute atomic E-state index is 0.460. The van der Waals surface area contributed by atoms with E-state index < -0.39 is 11.7 Å². The molecule has 0 aliphatic carbocycles. The molecule has 2 N–H and O–H groups in total. The molecule has 0 aromatic carbocycles. The SMILES string of the molecule is CC(C)CCN(N)C(=O)OC(C)(C)C. The van der Waals surface area contributed by atoms with E-state index in [0.717, 1.165) is 11.4 Å². The summed E-state index contributed by atoms with van der Waals surface area (Å²) in [7, 11) is 0. The summed E-state index contributed by atoms with van der Waals surface area (Å²) in [5.74, 6) is 6.06. The molecule has 0 aromatic heterocycles. The molecule has 0 bridgehead atoms. The van der Waals surface area contributed by atoms with Crippen molar-refractivity contribution in [2.45, 2.75) is 46.6 Å². The molecule has 0 radical (unpaired) electrons. The van der Waals surface area contributed by atoms with E-state index in [0.29, 0.717) is 12.5 Å². The van der Waals surface area contributed by atoms with Gasteiger partial charge in [-0.1, -0.05) is 13.8 Å². The number of hydrogen-bond acceptors (Lipinski definition) is 3. The smallest absolute Gasteiger partial charge is 0.424 e. The molecule has 0 saturated carbocycles. The lowest BCUT2D eigenvalue weighted by atomic mass is 10.1. The zero-order valence-electron chi connectivity index (χ0n) is 9.83. The lowest BCUT2D eigenvalue weighted by molar-refractivity contribution is 0.0240. The topological polar surface area (TPSA) is 55.6 Å². The van der Waals surface area contributed by atoms with E-state index in [1.165, 1.54) is 0 Å². The monoisotopic (exact) mass is 202 g/mol. The fraction of sp³-hybridized carbons (Fsp3) is 0.900. The normalized spacial score (nSPS) is 11.6. The Bertz CT molecular complexity index is 185. The predicted molar refractivity (Wildman–Crippen MR) is 56.6 cm³/mol. The highest BCUT2D eigenvalue weighted by Crippen LogP contribution is 2.09. The molecular formula is C10H22N2O2. The van der Waals surface area contributed by atoms with Gasteiger partial charge in [0.05, 0.1) is 0 Å². The maximum atomic E-state index is 11.3. The second kappa shape index (κ2) is 5.20. The van der Waals surface area contributed by atoms with Crippen molar-refractivity contribution in [3.05, 3.63) is 0 Å². The van der Waals surface area contributed by atoms with E-state index in [-0.39, 0.29) is 0 Å². The van der Waals surface area contributed by atoms with Gasteiger partial charge < -0.3 is 4.74 Å². The number of ether oxygens (including phenoxy) is 1. The lowest BCUT2D eigenvalue weighted by Gasteiger charge is -2.24. The van der Waals surface area contributed by atoms with Crippen molar-refractivity contribution < 1.29 is 9.53 Å². The first-order chi connectivity index (χ1) is 6.22. The molecule has 0 heterocycles. The molecule has 4 nitrogen and oxygen atoms in total. The summed E-state index contributed by atoms with van der Waals surface area (Å²) < 4.78 is 5.09. The molecule has 84 valence electrons. The van der Waals surface area contributed by atoms with Gasteiger partial charge in [-0.25, -0.2) is 15.6 Å². The summed E-state index contributed by atoms with van der Waals surface area (Å²) in [6.07, 6.45) is 0.425. The zero-order valence-corrected chi connectivity index (χ0v) is 9.83. The second-order valence-electron chi connectivity index (χ2n) is 4.86. The molecule has 1 amide bonds. The van der Waals surface area contributed by atoms with Gasteiger partial charge in [-0.05, 0) is 33.1 Å². The molecule has 0 unspecified atom stereocenters. The molecule has 0 spiro atoms. The molecule has 0 fully saturated rings. The first-order valence-corrected chi connectivity index (χ1v) is 4.97. The summed E-state index contributed by atoms with van der Waals surface area (Å²) >= 11 is 0. The van der Waals surface area contributed by atoms with Gasteiger partial charge in [0.2, 0.25) is 0 Å². The maximum Gasteiger partial charge on any atom is 0.424 e. The third-order valence-corrected chi connectivity index (χ3v) is 1.58. The van der Waals surface area contributed by atoms with Gasteiger partial charge in [-0.15, -0.1) is 0 Å². The molecular weight excluding hydrogens is 180 g/mol. The fourth-order valence-corrected chi connectivity index (χ4v) is 0.809. The Kier molecular flexibility index (Phi) is 4.91. The van der Waals surface area contributed by atoms with Crippen molar-refractivity contribution >= 4 is 6.09 Å². The minimum atomic E-state index is -0.480. The second-order valence-corrected chi connectivity index (χ2v) is 4.86. The first kappa shape index (κ1) is 13.2. The largest absolute Gasteiger partial charge is 0.443 e. The van der Waals surface area contributed by atoms with Crippen molar-refractivity contribution in [2.24, 2.45) is 11.8 Å². The van der Waals surface area contributed by atoms with E-state index in [2.05, 4.69) is 13.8 Å². The van der Waals surface area contributed by atoms with Gasteiger partial charge >= 0.3 is 6.09 Å². The summed E-state index contributed by atoms with van der Waals surface area (Å²) in [4.78, 5) is 11.3. The lowest BCUT2D eigenvalue weighted by Crippen LogP contribution is -2.42. The van der Waals surface area contributed by atoms with Crippen LogP contribution >= 0.6 is 0 Å². The number of nitrogens with zero attached hydrogens (tertiary/aromatic N) is 1. The van der Waals surface area contributed by atoms with Crippen LogP contribution in [0.1, 0.15) is 41.0 Å². The fourth-order valence-electron chi connectivity index (χ4n) is 0.809. The summed E-state index contributed by atoms with van der Waals surface area (Å²) in [6.45, 7) is 10.2. The number of carbonyl (C=O) groups excluding carboxylic acids is 1. The van der Waals surface area contributed by atoms with Crippen LogP contribution in [0.2, 0.25) is 0 Å². The van der Waals surface area contributed by atoms with Gasteiger partial charge in [-0.3, -0.25) is 0 Å². The highest BCUT2D eigenvalue weighted by atomic mass is 16.6. The number of hydrazine groups is 1. The van der Waals surface area contributed by atoms with Crippen LogP contribution in [-0.4, -0.2) is 23.2 Å². The van der Waals surface area contributed by atoms with E-state index in [4.69, 9.17) is 10.6 Å². The molecule has 0 aliphatic rings. The number of rotatable bonds is 3. The Morgan fingerprint density at radius 1 is 1.43 bits per heavy atom. The molecule has 0 atom stereocenters. The predicted octanol–water partition coefficient (Wildman–Crippen LogP) is 2.14. The summed E-state index contributed by atoms with van der Waals surface area (Å²) in [5, 5.41) is 1.13. The Hall–Kier alpha value is -0.770. The average Bonchev–Trinajstić information content (AvgIpc) is 1.96. The van der Waals surface area contributed by atoms with Crippen LogP contribution in [0.15, 0.2) is 0 Å². The van der Waals surface area contributed by atoms with E-state index >= 15 is 0 Å². The van der Waals surface area contributed by atoms with Crippen molar-refractivity contribution in [1.82, 2.24) is 5.01 Å². The van der Waals surface area contributed by atoms with Crippen LogP contribution in [0.5, 0.6) is 0 Å². The van der Waals surface area contributed by atoms with E-state index in [1.54, 1.807) is 0 Å². The molecule has 4 heteroatoms. The van der Waals surface area contributed by atoms with Gasteiger partial charge in [0, 0.05) is 6.54 Å². The van der Waals surface area contributed by atoms with E-state index in [1.807, 2.05) is 20.8 Å². The van der Waals surface area contributed by atoms with Crippen LogP contribution in [0.25, 0.3) is 0 Å². The van der Waals surface area contributed by atoms with Crippen LogP contribution in [0.3, 0.4) is 0 Å². The van der Waals surface area contributed by atoms with Crippen LogP contribution in [-0.2, 0) is 4.74 Å². The summed E-state index contributed by atoms with van der Waals surface area (Å²) in [5.41, 5.74) is -0.480. The third kappa shape index (κ3) is 6.71. The Balaban J connectivity index is 3.88. The first-order valence-electron chi connectivity index (χ1n) is 4.97. The average molecular weight is 202 g/mol. The standard InChI is InChI=1S/C10H22N2O2/c1-8(2)6-7-12(11)9(13)14-10(3,4)5/h8H,6-7,11H2,1-5H3. The quantitative estimate of drug-likeness (QED) is 0.433. The van der Waals surface area contributed by atoms with Crippen LogP contribution in [0, 0.1) is 5.92 Å². The van der Waals surface area contributed by atoms with E-state index in [9.17, 15) is 4.79 Å². The summed E-state index contributed by atoms with van der Waals surface area (Å²) in [6, 6.07) is 0. The number of hydrogen-bond donors (Lipinski definition) is 1. The van der Waals surface area contributed by atoms with Crippen molar-refractivity contribution in [1.29, 1.82) is 0 Å². The number of nitrogens with two attached hydrogens (primary N) is 1.